The molecule has 1 heterocycles. The zero-order chi connectivity index (χ0) is 19.1. The molecule has 1 aliphatic heterocycles. The lowest BCUT2D eigenvalue weighted by molar-refractivity contribution is -0.131. The summed E-state index contributed by atoms with van der Waals surface area (Å²) >= 11 is 0. The first-order valence-corrected chi connectivity index (χ1v) is 8.64. The van der Waals surface area contributed by atoms with Gasteiger partial charge in [0.1, 0.15) is 5.75 Å². The zero-order valence-electron chi connectivity index (χ0n) is 15.5. The van der Waals surface area contributed by atoms with E-state index in [4.69, 9.17) is 4.74 Å². The minimum Gasteiger partial charge on any atom is -0.427 e. The number of ketones is 1. The molecule has 0 saturated heterocycles. The molecule has 0 unspecified atom stereocenters. The Morgan fingerprint density at radius 3 is 2.50 bits per heavy atom. The summed E-state index contributed by atoms with van der Waals surface area (Å²) < 4.78 is 5.08. The minimum absolute atomic E-state index is 0.0815. The van der Waals surface area contributed by atoms with E-state index in [1.807, 2.05) is 19.1 Å². The summed E-state index contributed by atoms with van der Waals surface area (Å²) in [5.74, 6) is -0.244. The third-order valence-electron chi connectivity index (χ3n) is 4.84. The van der Waals surface area contributed by atoms with Crippen molar-refractivity contribution in [2.75, 3.05) is 0 Å². The number of Topliss-reactive ketones (excluding diaryl/α,β-unsaturated/α-hetero) is 1. The molecular weight excluding hydrogens is 328 g/mol. The van der Waals surface area contributed by atoms with Gasteiger partial charge in [-0.05, 0) is 36.5 Å². The number of hydrogen-bond donors (Lipinski definition) is 1. The lowest BCUT2D eigenvalue weighted by Crippen LogP contribution is -2.36. The second-order valence-corrected chi connectivity index (χ2v) is 7.70. The van der Waals surface area contributed by atoms with E-state index < -0.39 is 0 Å². The van der Waals surface area contributed by atoms with Gasteiger partial charge in [-0.2, -0.15) is 5.26 Å². The number of benzene rings is 1. The first-order chi connectivity index (χ1) is 12.2. The minimum atomic E-state index is -0.386. The molecule has 0 fully saturated rings. The third-order valence-corrected chi connectivity index (χ3v) is 4.84. The first kappa shape index (κ1) is 17.9. The van der Waals surface area contributed by atoms with E-state index in [2.05, 4.69) is 25.2 Å². The van der Waals surface area contributed by atoms with Gasteiger partial charge >= 0.3 is 5.97 Å². The van der Waals surface area contributed by atoms with Crippen LogP contribution in [-0.4, -0.2) is 11.8 Å². The third kappa shape index (κ3) is 3.28. The van der Waals surface area contributed by atoms with Gasteiger partial charge in [-0.25, -0.2) is 0 Å². The van der Waals surface area contributed by atoms with E-state index in [9.17, 15) is 14.9 Å². The molecule has 0 radical (unpaired) electrons. The molecule has 0 bridgehead atoms. The second-order valence-electron chi connectivity index (χ2n) is 7.70. The van der Waals surface area contributed by atoms with Crippen molar-refractivity contribution in [1.29, 1.82) is 5.26 Å². The molecule has 0 amide bonds. The fourth-order valence-electron chi connectivity index (χ4n) is 3.81. The molecule has 26 heavy (non-hydrogen) atoms. The van der Waals surface area contributed by atoms with Crippen LogP contribution in [0.2, 0.25) is 0 Å². The van der Waals surface area contributed by atoms with Gasteiger partial charge in [0.25, 0.3) is 0 Å². The summed E-state index contributed by atoms with van der Waals surface area (Å²) in [5, 5.41) is 13.0. The average molecular weight is 350 g/mol. The summed E-state index contributed by atoms with van der Waals surface area (Å²) in [6.07, 6.45) is 1.24. The standard InChI is InChI=1S/C21H22N2O3/c1-12-16(11-22)19(14-5-7-15(8-6-14)26-13(2)24)20-17(23-12)9-21(3,4)10-18(20)25/h5-8,19,23H,9-10H2,1-4H3/t19-/m0/s1. The van der Waals surface area contributed by atoms with Gasteiger partial charge in [0.05, 0.1) is 17.6 Å². The van der Waals surface area contributed by atoms with Crippen LogP contribution in [0.4, 0.5) is 0 Å². The topological polar surface area (TPSA) is 79.2 Å². The highest BCUT2D eigenvalue weighted by Gasteiger charge is 2.41. The maximum absolute atomic E-state index is 12.9. The molecule has 2 aliphatic rings. The molecular formula is C21H22N2O3. The summed E-state index contributed by atoms with van der Waals surface area (Å²) in [7, 11) is 0. The van der Waals surface area contributed by atoms with Gasteiger partial charge in [0.2, 0.25) is 0 Å². The molecule has 1 aromatic rings. The Bertz CT molecular complexity index is 883. The van der Waals surface area contributed by atoms with Crippen LogP contribution in [0.5, 0.6) is 5.75 Å². The van der Waals surface area contributed by atoms with Gasteiger partial charge < -0.3 is 10.1 Å². The van der Waals surface area contributed by atoms with Crippen molar-refractivity contribution in [3.05, 3.63) is 52.4 Å². The highest BCUT2D eigenvalue weighted by molar-refractivity contribution is 6.00. The fourth-order valence-corrected chi connectivity index (χ4v) is 3.81. The monoisotopic (exact) mass is 350 g/mol. The number of dihydropyridines is 1. The Labute approximate surface area is 153 Å². The zero-order valence-corrected chi connectivity index (χ0v) is 15.5. The van der Waals surface area contributed by atoms with Crippen LogP contribution >= 0.6 is 0 Å². The van der Waals surface area contributed by atoms with Gasteiger partial charge in [0, 0.05) is 30.3 Å². The number of carbonyl (C=O) groups excluding carboxylic acids is 2. The Kier molecular flexibility index (Phi) is 4.45. The van der Waals surface area contributed by atoms with Gasteiger partial charge in [-0.3, -0.25) is 9.59 Å². The van der Waals surface area contributed by atoms with Crippen molar-refractivity contribution < 1.29 is 14.3 Å². The quantitative estimate of drug-likeness (QED) is 0.649. The maximum atomic E-state index is 12.9. The van der Waals surface area contributed by atoms with Crippen molar-refractivity contribution in [3.8, 4) is 11.8 Å². The molecule has 3 rings (SSSR count). The number of nitrogens with one attached hydrogen (secondary N) is 1. The van der Waals surface area contributed by atoms with Crippen LogP contribution in [0.15, 0.2) is 46.8 Å². The van der Waals surface area contributed by atoms with E-state index in [1.165, 1.54) is 6.92 Å². The van der Waals surface area contributed by atoms with Crippen LogP contribution in [-0.2, 0) is 9.59 Å². The number of nitrogens with zero attached hydrogens (tertiary/aromatic N) is 1. The molecule has 1 N–H and O–H groups in total. The van der Waals surface area contributed by atoms with E-state index >= 15 is 0 Å². The lowest BCUT2D eigenvalue weighted by atomic mass is 9.69. The molecule has 1 atom stereocenters. The normalized spacial score (nSPS) is 21.7. The number of esters is 1. The predicted octanol–water partition coefficient (Wildman–Crippen LogP) is 3.74. The summed E-state index contributed by atoms with van der Waals surface area (Å²) in [6, 6.07) is 9.29. The van der Waals surface area contributed by atoms with E-state index in [0.29, 0.717) is 23.3 Å². The molecule has 0 aromatic heterocycles. The Balaban J connectivity index is 2.08. The number of hydrogen-bond acceptors (Lipinski definition) is 5. The van der Waals surface area contributed by atoms with Crippen molar-refractivity contribution in [1.82, 2.24) is 5.32 Å². The Morgan fingerprint density at radius 2 is 1.92 bits per heavy atom. The molecule has 1 aliphatic carbocycles. The maximum Gasteiger partial charge on any atom is 0.308 e. The second kappa shape index (κ2) is 6.45. The van der Waals surface area contributed by atoms with Gasteiger partial charge in [-0.15, -0.1) is 0 Å². The Morgan fingerprint density at radius 1 is 1.27 bits per heavy atom. The smallest absolute Gasteiger partial charge is 0.308 e. The number of rotatable bonds is 2. The number of nitriles is 1. The molecule has 0 saturated carbocycles. The van der Waals surface area contributed by atoms with Crippen LogP contribution in [0.25, 0.3) is 0 Å². The van der Waals surface area contributed by atoms with Gasteiger partial charge in [-0.1, -0.05) is 26.0 Å². The largest absolute Gasteiger partial charge is 0.427 e. The van der Waals surface area contributed by atoms with E-state index in [1.54, 1.807) is 12.1 Å². The summed E-state index contributed by atoms with van der Waals surface area (Å²) in [5.41, 5.74) is 3.68. The number of carbonyl (C=O) groups is 2. The number of ether oxygens (including phenoxy) is 1. The molecule has 5 heteroatoms. The SMILES string of the molecule is CC(=O)Oc1ccc([C@H]2C(C#N)=C(C)NC3=C2C(=O)CC(C)(C)C3)cc1. The van der Waals surface area contributed by atoms with Crippen molar-refractivity contribution in [3.63, 3.8) is 0 Å². The van der Waals surface area contributed by atoms with E-state index in [-0.39, 0.29) is 23.1 Å². The van der Waals surface area contributed by atoms with Gasteiger partial charge in [0.15, 0.2) is 5.78 Å². The highest BCUT2D eigenvalue weighted by Crippen LogP contribution is 2.46. The first-order valence-electron chi connectivity index (χ1n) is 8.64. The summed E-state index contributed by atoms with van der Waals surface area (Å²) in [4.78, 5) is 24.0. The molecule has 134 valence electrons. The average Bonchev–Trinajstić information content (AvgIpc) is 2.52. The fraction of sp³-hybridized carbons (Fsp3) is 0.381. The van der Waals surface area contributed by atoms with Crippen molar-refractivity contribution in [2.24, 2.45) is 5.41 Å². The van der Waals surface area contributed by atoms with Crippen molar-refractivity contribution >= 4 is 11.8 Å². The van der Waals surface area contributed by atoms with Crippen LogP contribution in [0, 0.1) is 16.7 Å². The molecule has 0 spiro atoms. The van der Waals surface area contributed by atoms with Crippen LogP contribution < -0.4 is 10.1 Å². The molecule has 5 nitrogen and oxygen atoms in total. The molecule has 1 aromatic carbocycles. The predicted molar refractivity (Wildman–Crippen MR) is 97.0 cm³/mol. The van der Waals surface area contributed by atoms with E-state index in [0.717, 1.165) is 23.4 Å². The summed E-state index contributed by atoms with van der Waals surface area (Å²) in [6.45, 7) is 7.38. The van der Waals surface area contributed by atoms with Crippen LogP contribution in [0.3, 0.4) is 0 Å². The lowest BCUT2D eigenvalue weighted by Gasteiger charge is -2.38. The van der Waals surface area contributed by atoms with Crippen molar-refractivity contribution in [2.45, 2.75) is 46.5 Å². The van der Waals surface area contributed by atoms with Crippen LogP contribution in [0.1, 0.15) is 52.0 Å². The number of allylic oxidation sites excluding steroid dienone is 4. The highest BCUT2D eigenvalue weighted by atomic mass is 16.5. The Hall–Kier alpha value is -2.87.